The van der Waals surface area contributed by atoms with Crippen LogP contribution in [0.3, 0.4) is 0 Å². The normalized spacial score (nSPS) is 20.2. The number of rotatable bonds is 2. The zero-order valence-corrected chi connectivity index (χ0v) is 11.6. The summed E-state index contributed by atoms with van der Waals surface area (Å²) in [5.74, 6) is 0. The van der Waals surface area contributed by atoms with Gasteiger partial charge in [0.05, 0.1) is 18.2 Å². The molecule has 0 saturated carbocycles. The molecule has 0 radical (unpaired) electrons. The highest BCUT2D eigenvalue weighted by molar-refractivity contribution is 6.30. The first-order valence-electron chi connectivity index (χ1n) is 6.83. The van der Waals surface area contributed by atoms with Crippen LogP contribution in [-0.4, -0.2) is 22.6 Å². The lowest BCUT2D eigenvalue weighted by Crippen LogP contribution is -2.15. The zero-order chi connectivity index (χ0) is 13.1. The smallest absolute Gasteiger partial charge is 0.0953 e. The average molecular weight is 276 g/mol. The van der Waals surface area contributed by atoms with Crippen molar-refractivity contribution in [2.45, 2.75) is 25.3 Å². The Morgan fingerprint density at radius 3 is 2.84 bits per heavy atom. The molecule has 1 saturated heterocycles. The molecule has 0 bridgehead atoms. The summed E-state index contributed by atoms with van der Waals surface area (Å²) in [4.78, 5) is 4.34. The second-order valence-electron chi connectivity index (χ2n) is 5.03. The molecule has 1 N–H and O–H groups in total. The fraction of sp³-hybridized carbons (Fsp3) is 0.400. The van der Waals surface area contributed by atoms with Gasteiger partial charge in [0, 0.05) is 11.1 Å². The van der Waals surface area contributed by atoms with Crippen molar-refractivity contribution in [3.05, 3.63) is 41.8 Å². The van der Waals surface area contributed by atoms with Crippen molar-refractivity contribution in [1.29, 1.82) is 0 Å². The summed E-state index contributed by atoms with van der Waals surface area (Å²) in [7, 11) is 0. The third-order valence-electron chi connectivity index (χ3n) is 3.74. The molecule has 4 heteroatoms. The van der Waals surface area contributed by atoms with Gasteiger partial charge >= 0.3 is 0 Å². The van der Waals surface area contributed by atoms with E-state index in [4.69, 9.17) is 11.6 Å². The number of nitrogens with zero attached hydrogens (tertiary/aromatic N) is 2. The molecular weight excluding hydrogens is 258 g/mol. The summed E-state index contributed by atoms with van der Waals surface area (Å²) < 4.78 is 2.32. The second kappa shape index (κ2) is 5.76. The van der Waals surface area contributed by atoms with Crippen LogP contribution >= 0.6 is 11.6 Å². The molecule has 3 rings (SSSR count). The minimum Gasteiger partial charge on any atom is -0.327 e. The van der Waals surface area contributed by atoms with E-state index in [1.807, 2.05) is 24.7 Å². The monoisotopic (exact) mass is 275 g/mol. The summed E-state index contributed by atoms with van der Waals surface area (Å²) in [6.45, 7) is 2.21. The molecule has 1 aliphatic rings. The Balaban J connectivity index is 1.90. The van der Waals surface area contributed by atoms with E-state index in [9.17, 15) is 0 Å². The molecule has 1 aromatic carbocycles. The molecule has 2 heterocycles. The molecule has 1 fully saturated rings. The molecule has 0 spiro atoms. The van der Waals surface area contributed by atoms with Gasteiger partial charge in [0.15, 0.2) is 0 Å². The number of nitrogens with one attached hydrogen (secondary N) is 1. The predicted molar refractivity (Wildman–Crippen MR) is 78.4 cm³/mol. The molecule has 1 aromatic heterocycles. The van der Waals surface area contributed by atoms with Gasteiger partial charge in [-0.1, -0.05) is 23.7 Å². The van der Waals surface area contributed by atoms with Gasteiger partial charge < -0.3 is 9.88 Å². The van der Waals surface area contributed by atoms with Crippen molar-refractivity contribution in [3.63, 3.8) is 0 Å². The Morgan fingerprint density at radius 2 is 2.00 bits per heavy atom. The molecule has 2 aromatic rings. The van der Waals surface area contributed by atoms with E-state index < -0.39 is 0 Å². The first kappa shape index (κ1) is 12.7. The van der Waals surface area contributed by atoms with Gasteiger partial charge in [0.2, 0.25) is 0 Å². The minimum atomic E-state index is 0.545. The SMILES string of the molecule is Clc1ccc(-c2cncn2C2CCCNCC2)cc1. The van der Waals surface area contributed by atoms with Crippen molar-refractivity contribution in [1.82, 2.24) is 14.9 Å². The highest BCUT2D eigenvalue weighted by Crippen LogP contribution is 2.28. The summed E-state index contributed by atoms with van der Waals surface area (Å²) >= 11 is 5.95. The van der Waals surface area contributed by atoms with Gasteiger partial charge in [-0.2, -0.15) is 0 Å². The number of benzene rings is 1. The summed E-state index contributed by atoms with van der Waals surface area (Å²) in [6.07, 6.45) is 7.51. The van der Waals surface area contributed by atoms with E-state index in [0.29, 0.717) is 6.04 Å². The van der Waals surface area contributed by atoms with Crippen LogP contribution in [0.15, 0.2) is 36.8 Å². The van der Waals surface area contributed by atoms with Gasteiger partial charge in [-0.3, -0.25) is 0 Å². The van der Waals surface area contributed by atoms with Gasteiger partial charge in [-0.05, 0) is 50.0 Å². The Morgan fingerprint density at radius 1 is 1.16 bits per heavy atom. The second-order valence-corrected chi connectivity index (χ2v) is 5.46. The van der Waals surface area contributed by atoms with Crippen LogP contribution in [0.4, 0.5) is 0 Å². The van der Waals surface area contributed by atoms with Crippen molar-refractivity contribution in [2.24, 2.45) is 0 Å². The van der Waals surface area contributed by atoms with Crippen LogP contribution in [0.1, 0.15) is 25.3 Å². The first-order valence-corrected chi connectivity index (χ1v) is 7.21. The Kier molecular flexibility index (Phi) is 3.85. The fourth-order valence-electron chi connectivity index (χ4n) is 2.72. The van der Waals surface area contributed by atoms with E-state index in [1.54, 1.807) is 0 Å². The van der Waals surface area contributed by atoms with Crippen molar-refractivity contribution in [2.75, 3.05) is 13.1 Å². The lowest BCUT2D eigenvalue weighted by Gasteiger charge is -2.18. The zero-order valence-electron chi connectivity index (χ0n) is 10.8. The number of imidazole rings is 1. The average Bonchev–Trinajstić information content (AvgIpc) is 2.75. The lowest BCUT2D eigenvalue weighted by atomic mass is 10.1. The third kappa shape index (κ3) is 2.82. The predicted octanol–water partition coefficient (Wildman–Crippen LogP) is 3.52. The van der Waals surface area contributed by atoms with Crippen LogP contribution in [0.5, 0.6) is 0 Å². The maximum atomic E-state index is 5.95. The summed E-state index contributed by atoms with van der Waals surface area (Å²) in [5.41, 5.74) is 2.36. The molecule has 0 aliphatic carbocycles. The van der Waals surface area contributed by atoms with Gasteiger partial charge in [0.25, 0.3) is 0 Å². The van der Waals surface area contributed by atoms with Crippen LogP contribution in [0.25, 0.3) is 11.3 Å². The number of hydrogen-bond acceptors (Lipinski definition) is 2. The first-order chi connectivity index (χ1) is 9.34. The van der Waals surface area contributed by atoms with Crippen LogP contribution in [0.2, 0.25) is 5.02 Å². The number of halogens is 1. The molecular formula is C15H18ClN3. The van der Waals surface area contributed by atoms with Crippen molar-refractivity contribution >= 4 is 11.6 Å². The highest BCUT2D eigenvalue weighted by atomic mass is 35.5. The van der Waals surface area contributed by atoms with Crippen molar-refractivity contribution < 1.29 is 0 Å². The minimum absolute atomic E-state index is 0.545. The van der Waals surface area contributed by atoms with Gasteiger partial charge in [-0.15, -0.1) is 0 Å². The van der Waals surface area contributed by atoms with E-state index in [0.717, 1.165) is 24.5 Å². The fourth-order valence-corrected chi connectivity index (χ4v) is 2.84. The van der Waals surface area contributed by atoms with E-state index >= 15 is 0 Å². The molecule has 100 valence electrons. The molecule has 1 atom stereocenters. The van der Waals surface area contributed by atoms with E-state index in [2.05, 4.69) is 27.0 Å². The molecule has 19 heavy (non-hydrogen) atoms. The Hall–Kier alpha value is -1.32. The molecule has 1 aliphatic heterocycles. The quantitative estimate of drug-likeness (QED) is 0.909. The Labute approximate surface area is 118 Å². The van der Waals surface area contributed by atoms with Crippen LogP contribution < -0.4 is 5.32 Å². The van der Waals surface area contributed by atoms with Gasteiger partial charge in [0.1, 0.15) is 0 Å². The summed E-state index contributed by atoms with van der Waals surface area (Å²) in [5, 5.41) is 4.23. The third-order valence-corrected chi connectivity index (χ3v) is 4.00. The van der Waals surface area contributed by atoms with Crippen molar-refractivity contribution in [3.8, 4) is 11.3 Å². The maximum Gasteiger partial charge on any atom is 0.0953 e. The number of aromatic nitrogens is 2. The van der Waals surface area contributed by atoms with E-state index in [-0.39, 0.29) is 0 Å². The molecule has 3 nitrogen and oxygen atoms in total. The summed E-state index contributed by atoms with van der Waals surface area (Å²) in [6, 6.07) is 8.53. The molecule has 0 amide bonds. The Bertz CT molecular complexity index is 525. The largest absolute Gasteiger partial charge is 0.327 e. The maximum absolute atomic E-state index is 5.95. The van der Waals surface area contributed by atoms with Gasteiger partial charge in [-0.25, -0.2) is 4.98 Å². The highest BCUT2D eigenvalue weighted by Gasteiger charge is 2.16. The molecule has 1 unspecified atom stereocenters. The van der Waals surface area contributed by atoms with Crippen LogP contribution in [-0.2, 0) is 0 Å². The van der Waals surface area contributed by atoms with Crippen LogP contribution in [0, 0.1) is 0 Å². The topological polar surface area (TPSA) is 29.9 Å². The lowest BCUT2D eigenvalue weighted by molar-refractivity contribution is 0.457. The standard InChI is InChI=1S/C15H18ClN3/c16-13-5-3-12(4-6-13)15-10-18-11-19(15)14-2-1-8-17-9-7-14/h3-6,10-11,14,17H,1-2,7-9H2. The van der Waals surface area contributed by atoms with E-state index in [1.165, 1.54) is 24.1 Å². The number of hydrogen-bond donors (Lipinski definition) is 1.